The number of sulfone groups is 1. The van der Waals surface area contributed by atoms with Gasteiger partial charge in [-0.25, -0.2) is 27.0 Å². The van der Waals surface area contributed by atoms with E-state index >= 15 is 0 Å². The van der Waals surface area contributed by atoms with Crippen molar-refractivity contribution in [1.29, 1.82) is 0 Å². The highest BCUT2D eigenvalue weighted by Gasteiger charge is 2.22. The smallest absolute Gasteiger partial charge is 0.407 e. The molecule has 0 atom stereocenters. The summed E-state index contributed by atoms with van der Waals surface area (Å²) in [5, 5.41) is 9.21. The first kappa shape index (κ1) is 22.6. The van der Waals surface area contributed by atoms with Crippen LogP contribution in [0.25, 0.3) is 0 Å². The predicted molar refractivity (Wildman–Crippen MR) is 110 cm³/mol. The Morgan fingerprint density at radius 3 is 2.39 bits per heavy atom. The van der Waals surface area contributed by atoms with Crippen LogP contribution >= 0.6 is 11.6 Å². The Morgan fingerprint density at radius 1 is 1.06 bits per heavy atom. The highest BCUT2D eigenvalue weighted by Crippen LogP contribution is 2.24. The first-order valence-electron chi connectivity index (χ1n) is 8.95. The van der Waals surface area contributed by atoms with E-state index in [0.29, 0.717) is 10.6 Å². The zero-order valence-corrected chi connectivity index (χ0v) is 17.8. The monoisotopic (exact) mass is 466 g/mol. The minimum atomic E-state index is -4.02. The Morgan fingerprint density at radius 2 is 1.74 bits per heavy atom. The highest BCUT2D eigenvalue weighted by atomic mass is 35.5. The van der Waals surface area contributed by atoms with Crippen LogP contribution in [0.3, 0.4) is 0 Å². The van der Waals surface area contributed by atoms with Gasteiger partial charge in [-0.2, -0.15) is 0 Å². The molecule has 0 aliphatic carbocycles. The molecule has 162 valence electrons. The Bertz CT molecular complexity index is 1230. The van der Waals surface area contributed by atoms with Crippen LogP contribution in [0.15, 0.2) is 64.5 Å². The fraction of sp³-hybridized carbons (Fsp3) is 0.143. The third-order valence-electron chi connectivity index (χ3n) is 4.54. The number of pyridine rings is 1. The summed E-state index contributed by atoms with van der Waals surface area (Å²) in [7, 11) is -2.69. The van der Waals surface area contributed by atoms with Crippen molar-refractivity contribution < 1.29 is 27.1 Å². The number of hydrogen-bond donors (Lipinski definition) is 1. The van der Waals surface area contributed by atoms with Crippen molar-refractivity contribution in [3.8, 4) is 0 Å². The van der Waals surface area contributed by atoms with Gasteiger partial charge in [-0.05, 0) is 59.7 Å². The van der Waals surface area contributed by atoms with Crippen LogP contribution in [-0.2, 0) is 22.8 Å². The molecule has 0 spiro atoms. The topological polar surface area (TPSA) is 87.6 Å². The molecule has 0 radical (unpaired) electrons. The molecule has 0 aliphatic heterocycles. The molecule has 1 heterocycles. The first-order chi connectivity index (χ1) is 14.6. The van der Waals surface area contributed by atoms with Crippen LogP contribution in [0.2, 0.25) is 5.02 Å². The van der Waals surface area contributed by atoms with Gasteiger partial charge in [0.2, 0.25) is 9.84 Å². The van der Waals surface area contributed by atoms with Crippen LogP contribution in [-0.4, -0.2) is 36.5 Å². The summed E-state index contributed by atoms with van der Waals surface area (Å²) in [5.74, 6) is -1.35. The maximum atomic E-state index is 14.2. The van der Waals surface area contributed by atoms with Gasteiger partial charge in [0.15, 0.2) is 5.03 Å². The lowest BCUT2D eigenvalue weighted by Gasteiger charge is -2.17. The van der Waals surface area contributed by atoms with Crippen molar-refractivity contribution in [2.75, 3.05) is 7.05 Å². The molecule has 10 heteroatoms. The van der Waals surface area contributed by atoms with Gasteiger partial charge in [-0.3, -0.25) is 0 Å². The van der Waals surface area contributed by atoms with Crippen LogP contribution in [0.1, 0.15) is 16.8 Å². The van der Waals surface area contributed by atoms with E-state index in [1.165, 1.54) is 43.4 Å². The summed E-state index contributed by atoms with van der Waals surface area (Å²) in [4.78, 5) is 16.3. The third-order valence-corrected chi connectivity index (χ3v) is 6.46. The van der Waals surface area contributed by atoms with Gasteiger partial charge in [0.25, 0.3) is 0 Å². The van der Waals surface area contributed by atoms with Crippen molar-refractivity contribution in [3.05, 3.63) is 88.1 Å². The Hall–Kier alpha value is -3.04. The van der Waals surface area contributed by atoms with Crippen molar-refractivity contribution in [1.82, 2.24) is 9.88 Å². The summed E-state index contributed by atoms with van der Waals surface area (Å²) >= 11 is 5.82. The molecule has 0 aliphatic rings. The number of halogens is 3. The largest absolute Gasteiger partial charge is 0.465 e. The second-order valence-electron chi connectivity index (χ2n) is 6.76. The summed E-state index contributed by atoms with van der Waals surface area (Å²) < 4.78 is 53.7. The van der Waals surface area contributed by atoms with Gasteiger partial charge >= 0.3 is 6.09 Å². The van der Waals surface area contributed by atoms with E-state index in [9.17, 15) is 22.0 Å². The van der Waals surface area contributed by atoms with Crippen LogP contribution in [0.4, 0.5) is 13.6 Å². The van der Waals surface area contributed by atoms with Crippen molar-refractivity contribution in [3.63, 3.8) is 0 Å². The minimum absolute atomic E-state index is 0.0345. The van der Waals surface area contributed by atoms with Crippen molar-refractivity contribution >= 4 is 27.5 Å². The molecule has 0 saturated heterocycles. The van der Waals surface area contributed by atoms with Gasteiger partial charge in [-0.15, -0.1) is 0 Å². The average Bonchev–Trinajstić information content (AvgIpc) is 2.72. The molecule has 0 fully saturated rings. The molecule has 0 saturated carbocycles. The second kappa shape index (κ2) is 8.99. The molecule has 0 bridgehead atoms. The standard InChI is InChI=1S/C21H17ClF2N2O4S/c1-26(21(27)28)12-13-2-9-20(31(29,30)17-6-3-15(22)4-7-17)25-19(13)11-14-10-16(23)5-8-18(14)24/h2-10H,11-12H2,1H3,(H,27,28). The molecule has 6 nitrogen and oxygen atoms in total. The van der Waals surface area contributed by atoms with Crippen LogP contribution in [0.5, 0.6) is 0 Å². The van der Waals surface area contributed by atoms with E-state index in [2.05, 4.69) is 4.98 Å². The van der Waals surface area contributed by atoms with E-state index in [-0.39, 0.29) is 34.1 Å². The molecule has 1 amide bonds. The zero-order chi connectivity index (χ0) is 22.8. The highest BCUT2D eigenvalue weighted by molar-refractivity contribution is 7.91. The molecule has 0 unspecified atom stereocenters. The number of carboxylic acid groups (broad SMARTS) is 1. The Balaban J connectivity index is 2.09. The maximum absolute atomic E-state index is 14.2. The normalized spacial score (nSPS) is 11.4. The van der Waals surface area contributed by atoms with E-state index < -0.39 is 27.6 Å². The van der Waals surface area contributed by atoms with E-state index in [4.69, 9.17) is 16.7 Å². The molecule has 3 aromatic rings. The quantitative estimate of drug-likeness (QED) is 0.576. The Labute approximate surface area is 182 Å². The third kappa shape index (κ3) is 5.18. The number of benzene rings is 2. The summed E-state index contributed by atoms with van der Waals surface area (Å²) in [6, 6.07) is 11.1. The van der Waals surface area contributed by atoms with E-state index in [1.807, 2.05) is 0 Å². The average molecular weight is 467 g/mol. The number of aromatic nitrogens is 1. The SMILES string of the molecule is CN(Cc1ccc(S(=O)(=O)c2ccc(Cl)cc2)nc1Cc1cc(F)ccc1F)C(=O)O. The number of carbonyl (C=O) groups is 1. The molecular weight excluding hydrogens is 450 g/mol. The lowest BCUT2D eigenvalue weighted by molar-refractivity contribution is 0.153. The van der Waals surface area contributed by atoms with Crippen molar-refractivity contribution in [2.24, 2.45) is 0 Å². The molecule has 3 rings (SSSR count). The van der Waals surface area contributed by atoms with Gasteiger partial charge in [0, 0.05) is 18.5 Å². The summed E-state index contributed by atoms with van der Waals surface area (Å²) in [6.07, 6.45) is -1.43. The fourth-order valence-electron chi connectivity index (χ4n) is 2.87. The number of rotatable bonds is 6. The molecule has 1 aromatic heterocycles. The molecular formula is C21H17ClF2N2O4S. The van der Waals surface area contributed by atoms with Gasteiger partial charge < -0.3 is 10.0 Å². The van der Waals surface area contributed by atoms with E-state index in [0.717, 1.165) is 23.1 Å². The number of nitrogens with zero attached hydrogens (tertiary/aromatic N) is 2. The first-order valence-corrected chi connectivity index (χ1v) is 10.8. The van der Waals surface area contributed by atoms with Gasteiger partial charge in [0.05, 0.1) is 17.1 Å². The van der Waals surface area contributed by atoms with Gasteiger partial charge in [0.1, 0.15) is 11.6 Å². The maximum Gasteiger partial charge on any atom is 0.407 e. The number of amides is 1. The molecule has 2 aromatic carbocycles. The second-order valence-corrected chi connectivity index (χ2v) is 9.10. The number of hydrogen-bond acceptors (Lipinski definition) is 4. The lowest BCUT2D eigenvalue weighted by Crippen LogP contribution is -2.25. The van der Waals surface area contributed by atoms with Crippen LogP contribution < -0.4 is 0 Å². The fourth-order valence-corrected chi connectivity index (χ4v) is 4.21. The predicted octanol–water partition coefficient (Wildman–Crippen LogP) is 4.55. The lowest BCUT2D eigenvalue weighted by atomic mass is 10.0. The van der Waals surface area contributed by atoms with E-state index in [1.54, 1.807) is 0 Å². The zero-order valence-electron chi connectivity index (χ0n) is 16.2. The molecule has 31 heavy (non-hydrogen) atoms. The Kier molecular flexibility index (Phi) is 6.56. The van der Waals surface area contributed by atoms with Crippen molar-refractivity contribution in [2.45, 2.75) is 22.9 Å². The summed E-state index contributed by atoms with van der Waals surface area (Å²) in [6.45, 7) is -0.115. The minimum Gasteiger partial charge on any atom is -0.465 e. The summed E-state index contributed by atoms with van der Waals surface area (Å²) in [5.41, 5.74) is 0.448. The van der Waals surface area contributed by atoms with Crippen LogP contribution in [0, 0.1) is 11.6 Å². The van der Waals surface area contributed by atoms with Gasteiger partial charge in [-0.1, -0.05) is 17.7 Å². The molecule has 1 N–H and O–H groups in total.